The zero-order chi connectivity index (χ0) is 13.4. The first-order chi connectivity index (χ1) is 8.67. The van der Waals surface area contributed by atoms with E-state index < -0.39 is 0 Å². The number of carbonyl (C=O) groups excluding carboxylic acids is 1. The van der Waals surface area contributed by atoms with Crippen LogP contribution in [0.25, 0.3) is 0 Å². The van der Waals surface area contributed by atoms with E-state index in [1.165, 1.54) is 0 Å². The third kappa shape index (κ3) is 4.75. The molecule has 0 saturated carbocycles. The number of nitrogens with zero attached hydrogens (tertiary/aromatic N) is 1. The van der Waals surface area contributed by atoms with E-state index in [1.807, 2.05) is 38.2 Å². The van der Waals surface area contributed by atoms with E-state index in [1.54, 1.807) is 4.90 Å². The molecule has 0 aliphatic heterocycles. The van der Waals surface area contributed by atoms with Gasteiger partial charge in [0.05, 0.1) is 6.61 Å². The molecule has 2 N–H and O–H groups in total. The van der Waals surface area contributed by atoms with Gasteiger partial charge in [-0.25, -0.2) is 0 Å². The van der Waals surface area contributed by atoms with Crippen LogP contribution in [-0.4, -0.2) is 31.0 Å². The summed E-state index contributed by atoms with van der Waals surface area (Å²) in [7, 11) is 1.81. The Kier molecular flexibility index (Phi) is 6.22. The first kappa shape index (κ1) is 14.5. The number of nitrogens with two attached hydrogens (primary N) is 1. The molecule has 0 unspecified atom stereocenters. The Morgan fingerprint density at radius 2 is 2.00 bits per heavy atom. The Balaban J connectivity index is 2.48. The molecule has 0 fully saturated rings. The Labute approximate surface area is 109 Å². The van der Waals surface area contributed by atoms with Gasteiger partial charge in [0.1, 0.15) is 5.75 Å². The Hall–Kier alpha value is -1.55. The summed E-state index contributed by atoms with van der Waals surface area (Å²) in [4.78, 5) is 13.4. The summed E-state index contributed by atoms with van der Waals surface area (Å²) in [6.45, 7) is 3.80. The molecule has 0 heterocycles. The zero-order valence-corrected chi connectivity index (χ0v) is 11.2. The molecule has 0 aliphatic carbocycles. The van der Waals surface area contributed by atoms with E-state index in [0.29, 0.717) is 26.1 Å². The van der Waals surface area contributed by atoms with Gasteiger partial charge in [-0.05, 0) is 37.6 Å². The Morgan fingerprint density at radius 1 is 1.33 bits per heavy atom. The lowest BCUT2D eigenvalue weighted by atomic mass is 10.2. The van der Waals surface area contributed by atoms with Gasteiger partial charge >= 0.3 is 0 Å². The molecule has 1 rings (SSSR count). The quantitative estimate of drug-likeness (QED) is 0.802. The highest BCUT2D eigenvalue weighted by molar-refractivity contribution is 5.75. The molecule has 0 spiro atoms. The minimum absolute atomic E-state index is 0.134. The predicted octanol–water partition coefficient (Wildman–Crippen LogP) is 1.78. The summed E-state index contributed by atoms with van der Waals surface area (Å²) in [5.41, 5.74) is 6.49. The summed E-state index contributed by atoms with van der Waals surface area (Å²) in [6, 6.07) is 7.82. The highest BCUT2D eigenvalue weighted by Gasteiger charge is 2.08. The van der Waals surface area contributed by atoms with Crippen LogP contribution in [0.2, 0.25) is 0 Å². The molecule has 100 valence electrons. The van der Waals surface area contributed by atoms with Crippen molar-refractivity contribution in [2.24, 2.45) is 5.73 Å². The summed E-state index contributed by atoms with van der Waals surface area (Å²) in [5, 5.41) is 0. The van der Waals surface area contributed by atoms with Crippen LogP contribution < -0.4 is 10.5 Å². The van der Waals surface area contributed by atoms with Gasteiger partial charge in [-0.15, -0.1) is 0 Å². The summed E-state index contributed by atoms with van der Waals surface area (Å²) >= 11 is 0. The third-order valence-corrected chi connectivity index (χ3v) is 2.67. The standard InChI is InChI=1S/C14H22N2O2/c1-3-18-13-8-6-12(7-9-13)11-16(2)14(17)5-4-10-15/h6-9H,3-5,10-11,15H2,1-2H3. The first-order valence-electron chi connectivity index (χ1n) is 6.33. The second-order valence-electron chi connectivity index (χ2n) is 4.22. The number of hydrogen-bond acceptors (Lipinski definition) is 3. The number of amides is 1. The summed E-state index contributed by atoms with van der Waals surface area (Å²) in [5.74, 6) is 0.993. The maximum atomic E-state index is 11.7. The van der Waals surface area contributed by atoms with E-state index >= 15 is 0 Å². The topological polar surface area (TPSA) is 55.6 Å². The van der Waals surface area contributed by atoms with Gasteiger partial charge in [-0.3, -0.25) is 4.79 Å². The Bertz CT molecular complexity index is 363. The minimum atomic E-state index is 0.134. The van der Waals surface area contributed by atoms with Crippen molar-refractivity contribution in [2.75, 3.05) is 20.2 Å². The van der Waals surface area contributed by atoms with Crippen LogP contribution in [0.15, 0.2) is 24.3 Å². The van der Waals surface area contributed by atoms with Crippen LogP contribution in [0.1, 0.15) is 25.3 Å². The van der Waals surface area contributed by atoms with Gasteiger partial charge in [0.15, 0.2) is 0 Å². The van der Waals surface area contributed by atoms with Crippen molar-refractivity contribution >= 4 is 5.91 Å². The zero-order valence-electron chi connectivity index (χ0n) is 11.2. The number of hydrogen-bond donors (Lipinski definition) is 1. The van der Waals surface area contributed by atoms with E-state index in [2.05, 4.69) is 0 Å². The lowest BCUT2D eigenvalue weighted by Crippen LogP contribution is -2.26. The highest BCUT2D eigenvalue weighted by Crippen LogP contribution is 2.13. The van der Waals surface area contributed by atoms with Crippen molar-refractivity contribution in [3.8, 4) is 5.75 Å². The van der Waals surface area contributed by atoms with Gasteiger partial charge in [0.2, 0.25) is 5.91 Å². The van der Waals surface area contributed by atoms with Crippen LogP contribution in [0, 0.1) is 0 Å². The van der Waals surface area contributed by atoms with Crippen molar-refractivity contribution in [3.05, 3.63) is 29.8 Å². The molecule has 0 saturated heterocycles. The van der Waals surface area contributed by atoms with Gasteiger partial charge < -0.3 is 15.4 Å². The molecule has 18 heavy (non-hydrogen) atoms. The predicted molar refractivity (Wildman–Crippen MR) is 72.4 cm³/mol. The molecule has 1 aromatic carbocycles. The van der Waals surface area contributed by atoms with Crippen molar-refractivity contribution < 1.29 is 9.53 Å². The second kappa shape index (κ2) is 7.71. The smallest absolute Gasteiger partial charge is 0.222 e. The van der Waals surface area contributed by atoms with Gasteiger partial charge in [-0.1, -0.05) is 12.1 Å². The largest absolute Gasteiger partial charge is 0.494 e. The van der Waals surface area contributed by atoms with Crippen LogP contribution in [0.3, 0.4) is 0 Å². The first-order valence-corrected chi connectivity index (χ1v) is 6.33. The van der Waals surface area contributed by atoms with Crippen molar-refractivity contribution in [3.63, 3.8) is 0 Å². The molecule has 1 amide bonds. The number of ether oxygens (including phenoxy) is 1. The van der Waals surface area contributed by atoms with Crippen molar-refractivity contribution in [1.29, 1.82) is 0 Å². The molecule has 0 radical (unpaired) electrons. The average molecular weight is 250 g/mol. The Morgan fingerprint density at radius 3 is 2.56 bits per heavy atom. The summed E-state index contributed by atoms with van der Waals surface area (Å²) in [6.07, 6.45) is 1.26. The molecule has 4 heteroatoms. The van der Waals surface area contributed by atoms with E-state index in [-0.39, 0.29) is 5.91 Å². The van der Waals surface area contributed by atoms with E-state index in [0.717, 1.165) is 17.7 Å². The lowest BCUT2D eigenvalue weighted by molar-refractivity contribution is -0.130. The molecule has 0 aliphatic rings. The summed E-state index contributed by atoms with van der Waals surface area (Å²) < 4.78 is 5.37. The fourth-order valence-corrected chi connectivity index (χ4v) is 1.66. The SMILES string of the molecule is CCOc1ccc(CN(C)C(=O)CCCN)cc1. The normalized spacial score (nSPS) is 10.2. The van der Waals surface area contributed by atoms with Gasteiger partial charge in [-0.2, -0.15) is 0 Å². The minimum Gasteiger partial charge on any atom is -0.494 e. The molecular formula is C14H22N2O2. The van der Waals surface area contributed by atoms with Crippen molar-refractivity contribution in [1.82, 2.24) is 4.90 Å². The monoisotopic (exact) mass is 250 g/mol. The fourth-order valence-electron chi connectivity index (χ4n) is 1.66. The van der Waals surface area contributed by atoms with E-state index in [9.17, 15) is 4.79 Å². The van der Waals surface area contributed by atoms with Gasteiger partial charge in [0, 0.05) is 20.0 Å². The maximum absolute atomic E-state index is 11.7. The number of carbonyl (C=O) groups is 1. The van der Waals surface area contributed by atoms with Crippen LogP contribution in [0.5, 0.6) is 5.75 Å². The molecule has 0 bridgehead atoms. The highest BCUT2D eigenvalue weighted by atomic mass is 16.5. The third-order valence-electron chi connectivity index (χ3n) is 2.67. The lowest BCUT2D eigenvalue weighted by Gasteiger charge is -2.17. The fraction of sp³-hybridized carbons (Fsp3) is 0.500. The van der Waals surface area contributed by atoms with Crippen LogP contribution in [0.4, 0.5) is 0 Å². The number of benzene rings is 1. The molecule has 0 atom stereocenters. The number of rotatable bonds is 7. The molecule has 0 aromatic heterocycles. The molecule has 1 aromatic rings. The molecular weight excluding hydrogens is 228 g/mol. The molecule has 4 nitrogen and oxygen atoms in total. The average Bonchev–Trinajstić information content (AvgIpc) is 2.38. The van der Waals surface area contributed by atoms with Gasteiger partial charge in [0.25, 0.3) is 0 Å². The van der Waals surface area contributed by atoms with Crippen LogP contribution in [-0.2, 0) is 11.3 Å². The van der Waals surface area contributed by atoms with Crippen LogP contribution >= 0.6 is 0 Å². The van der Waals surface area contributed by atoms with Crippen molar-refractivity contribution in [2.45, 2.75) is 26.3 Å². The van der Waals surface area contributed by atoms with E-state index in [4.69, 9.17) is 10.5 Å². The second-order valence-corrected chi connectivity index (χ2v) is 4.22. The maximum Gasteiger partial charge on any atom is 0.222 e.